The van der Waals surface area contributed by atoms with Crippen molar-refractivity contribution < 1.29 is 14.3 Å². The number of aryl methyl sites for hydroxylation is 2. The zero-order chi connectivity index (χ0) is 20.8. The molecule has 1 saturated heterocycles. The van der Waals surface area contributed by atoms with Gasteiger partial charge in [0.05, 0.1) is 13.2 Å². The van der Waals surface area contributed by atoms with Crippen molar-refractivity contribution in [2.75, 3.05) is 39.5 Å². The molecular formula is C25H32N2O3. The minimum absolute atomic E-state index is 0.0279. The van der Waals surface area contributed by atoms with Gasteiger partial charge in [0.25, 0.3) is 5.91 Å². The number of nitrogens with zero attached hydrogens (tertiary/aromatic N) is 2. The maximum Gasteiger partial charge on any atom is 0.261 e. The molecule has 0 bridgehead atoms. The summed E-state index contributed by atoms with van der Waals surface area (Å²) in [7, 11) is 0. The predicted molar refractivity (Wildman–Crippen MR) is 118 cm³/mol. The van der Waals surface area contributed by atoms with Crippen molar-refractivity contribution in [1.82, 2.24) is 9.80 Å². The van der Waals surface area contributed by atoms with Crippen molar-refractivity contribution in [2.24, 2.45) is 0 Å². The Balaban J connectivity index is 1.41. The Bertz CT molecular complexity index is 834. The topological polar surface area (TPSA) is 42.0 Å². The van der Waals surface area contributed by atoms with Crippen molar-refractivity contribution in [3.05, 3.63) is 65.2 Å². The van der Waals surface area contributed by atoms with E-state index in [9.17, 15) is 4.79 Å². The summed E-state index contributed by atoms with van der Waals surface area (Å²) < 4.78 is 11.4. The summed E-state index contributed by atoms with van der Waals surface area (Å²) in [4.78, 5) is 17.5. The van der Waals surface area contributed by atoms with E-state index in [1.165, 1.54) is 17.5 Å². The number of benzene rings is 2. The maximum atomic E-state index is 13.2. The Hall–Kier alpha value is -2.37. The van der Waals surface area contributed by atoms with Gasteiger partial charge in [-0.2, -0.15) is 0 Å². The van der Waals surface area contributed by atoms with Crippen molar-refractivity contribution in [3.8, 4) is 5.75 Å². The Morgan fingerprint density at radius 1 is 1.10 bits per heavy atom. The first-order valence-corrected chi connectivity index (χ1v) is 11.1. The van der Waals surface area contributed by atoms with E-state index >= 15 is 0 Å². The van der Waals surface area contributed by atoms with Crippen molar-refractivity contribution in [3.63, 3.8) is 0 Å². The zero-order valence-electron chi connectivity index (χ0n) is 17.9. The number of ether oxygens (including phenoxy) is 2. The lowest BCUT2D eigenvalue weighted by Crippen LogP contribution is -2.49. The van der Waals surface area contributed by atoms with Gasteiger partial charge in [0.2, 0.25) is 0 Å². The summed E-state index contributed by atoms with van der Waals surface area (Å²) in [5, 5.41) is 0. The summed E-state index contributed by atoms with van der Waals surface area (Å²) in [6, 6.07) is 16.5. The molecule has 0 N–H and O–H groups in total. The van der Waals surface area contributed by atoms with E-state index in [1.54, 1.807) is 0 Å². The Labute approximate surface area is 179 Å². The third-order valence-electron chi connectivity index (χ3n) is 6.11. The first-order chi connectivity index (χ1) is 14.7. The lowest BCUT2D eigenvalue weighted by Gasteiger charge is -2.35. The molecule has 1 aliphatic heterocycles. The lowest BCUT2D eigenvalue weighted by molar-refractivity contribution is -0.136. The largest absolute Gasteiger partial charge is 0.484 e. The van der Waals surface area contributed by atoms with Crippen LogP contribution in [0.15, 0.2) is 48.5 Å². The molecule has 0 saturated carbocycles. The van der Waals surface area contributed by atoms with Crippen LogP contribution in [0.25, 0.3) is 0 Å². The number of amides is 1. The van der Waals surface area contributed by atoms with Crippen LogP contribution >= 0.6 is 0 Å². The molecule has 5 nitrogen and oxygen atoms in total. The summed E-state index contributed by atoms with van der Waals surface area (Å²) in [5.74, 6) is 0.824. The Morgan fingerprint density at radius 2 is 1.87 bits per heavy atom. The molecule has 30 heavy (non-hydrogen) atoms. The monoisotopic (exact) mass is 408 g/mol. The van der Waals surface area contributed by atoms with Crippen LogP contribution in [0.5, 0.6) is 5.75 Å². The number of rotatable bonds is 8. The molecule has 0 aromatic heterocycles. The van der Waals surface area contributed by atoms with Crippen LogP contribution in [-0.2, 0) is 28.9 Å². The van der Waals surface area contributed by atoms with Gasteiger partial charge >= 0.3 is 0 Å². The van der Waals surface area contributed by atoms with E-state index in [0.29, 0.717) is 6.54 Å². The zero-order valence-corrected chi connectivity index (χ0v) is 17.9. The van der Waals surface area contributed by atoms with Crippen LogP contribution in [0, 0.1) is 0 Å². The van der Waals surface area contributed by atoms with Gasteiger partial charge in [-0.05, 0) is 55.0 Å². The maximum absolute atomic E-state index is 13.2. The van der Waals surface area contributed by atoms with Gasteiger partial charge in [-0.3, -0.25) is 9.69 Å². The molecule has 2 aliphatic rings. The first kappa shape index (κ1) is 20.9. The second-order valence-electron chi connectivity index (χ2n) is 8.34. The highest BCUT2D eigenvalue weighted by molar-refractivity contribution is 5.78. The summed E-state index contributed by atoms with van der Waals surface area (Å²) in [6.45, 7) is 7.01. The molecule has 1 amide bonds. The average molecular weight is 409 g/mol. The van der Waals surface area contributed by atoms with E-state index in [0.717, 1.165) is 57.0 Å². The van der Waals surface area contributed by atoms with Gasteiger partial charge in [0.1, 0.15) is 5.75 Å². The standard InChI is InChI=1S/C25H32N2O3/c1-20(17-26-12-14-29-15-13-26)27(18-21-6-3-2-4-7-21)25(28)19-30-24-11-10-22-8-5-9-23(22)16-24/h2-4,6-7,10-11,16,20H,5,8-9,12-15,17-19H2,1H3. The highest BCUT2D eigenvalue weighted by Gasteiger charge is 2.24. The van der Waals surface area contributed by atoms with E-state index in [-0.39, 0.29) is 18.6 Å². The average Bonchev–Trinajstić information content (AvgIpc) is 3.25. The summed E-state index contributed by atoms with van der Waals surface area (Å²) in [6.07, 6.45) is 3.47. The fraction of sp³-hybridized carbons (Fsp3) is 0.480. The van der Waals surface area contributed by atoms with Crippen LogP contribution in [0.3, 0.4) is 0 Å². The van der Waals surface area contributed by atoms with Crippen molar-refractivity contribution >= 4 is 5.91 Å². The fourth-order valence-electron chi connectivity index (χ4n) is 4.39. The first-order valence-electron chi connectivity index (χ1n) is 11.1. The third-order valence-corrected chi connectivity index (χ3v) is 6.11. The highest BCUT2D eigenvalue weighted by atomic mass is 16.5. The molecule has 1 heterocycles. The summed E-state index contributed by atoms with van der Waals surface area (Å²) >= 11 is 0. The second-order valence-corrected chi connectivity index (χ2v) is 8.34. The van der Waals surface area contributed by atoms with Crippen LogP contribution in [0.1, 0.15) is 30.0 Å². The molecule has 160 valence electrons. The van der Waals surface area contributed by atoms with Crippen LogP contribution in [0.2, 0.25) is 0 Å². The number of morpholine rings is 1. The van der Waals surface area contributed by atoms with E-state index in [4.69, 9.17) is 9.47 Å². The van der Waals surface area contributed by atoms with E-state index < -0.39 is 0 Å². The highest BCUT2D eigenvalue weighted by Crippen LogP contribution is 2.26. The number of carbonyl (C=O) groups is 1. The number of carbonyl (C=O) groups excluding carboxylic acids is 1. The molecule has 1 aliphatic carbocycles. The predicted octanol–water partition coefficient (Wildman–Crippen LogP) is 3.30. The minimum atomic E-state index is 0.0279. The normalized spacial score (nSPS) is 17.4. The molecule has 2 aromatic carbocycles. The van der Waals surface area contributed by atoms with Gasteiger partial charge in [0.15, 0.2) is 6.61 Å². The molecule has 2 aromatic rings. The third kappa shape index (κ3) is 5.41. The van der Waals surface area contributed by atoms with E-state index in [1.807, 2.05) is 29.2 Å². The van der Waals surface area contributed by atoms with E-state index in [2.05, 4.69) is 36.1 Å². The van der Waals surface area contributed by atoms with Gasteiger partial charge in [-0.15, -0.1) is 0 Å². The summed E-state index contributed by atoms with van der Waals surface area (Å²) in [5.41, 5.74) is 3.91. The number of fused-ring (bicyclic) bond motifs is 1. The Morgan fingerprint density at radius 3 is 2.67 bits per heavy atom. The molecule has 1 fully saturated rings. The van der Waals surface area contributed by atoms with Crippen LogP contribution < -0.4 is 4.74 Å². The molecular weight excluding hydrogens is 376 g/mol. The molecule has 5 heteroatoms. The number of hydrogen-bond donors (Lipinski definition) is 0. The quantitative estimate of drug-likeness (QED) is 0.672. The Kier molecular flexibility index (Phi) is 7.03. The van der Waals surface area contributed by atoms with Gasteiger partial charge in [-0.25, -0.2) is 0 Å². The molecule has 0 radical (unpaired) electrons. The molecule has 1 unspecified atom stereocenters. The number of hydrogen-bond acceptors (Lipinski definition) is 4. The van der Waals surface area contributed by atoms with Gasteiger partial charge in [-0.1, -0.05) is 36.4 Å². The molecule has 1 atom stereocenters. The van der Waals surface area contributed by atoms with Crippen molar-refractivity contribution in [1.29, 1.82) is 0 Å². The van der Waals surface area contributed by atoms with Gasteiger partial charge in [0, 0.05) is 32.2 Å². The second kappa shape index (κ2) is 10.1. The smallest absolute Gasteiger partial charge is 0.261 e. The van der Waals surface area contributed by atoms with Crippen molar-refractivity contribution in [2.45, 2.75) is 38.8 Å². The minimum Gasteiger partial charge on any atom is -0.484 e. The fourth-order valence-corrected chi connectivity index (χ4v) is 4.39. The SMILES string of the molecule is CC(CN1CCOCC1)N(Cc1ccccc1)C(=O)COc1ccc2c(c1)CCC2. The van der Waals surface area contributed by atoms with Crippen LogP contribution in [-0.4, -0.2) is 61.2 Å². The molecule has 4 rings (SSSR count). The lowest BCUT2D eigenvalue weighted by atomic mass is 10.1. The van der Waals surface area contributed by atoms with Crippen LogP contribution in [0.4, 0.5) is 0 Å². The molecule has 0 spiro atoms. The van der Waals surface area contributed by atoms with Gasteiger partial charge < -0.3 is 14.4 Å².